The monoisotopic (exact) mass is 571 g/mol. The largest absolute Gasteiger partial charge is 0.462 e. The third kappa shape index (κ3) is 7.15. The number of hydrazone groups is 1. The molecule has 43 heavy (non-hydrogen) atoms. The van der Waals surface area contributed by atoms with E-state index in [1.807, 2.05) is 109 Å². The number of carbonyl (C=O) groups excluding carboxylic acids is 2. The van der Waals surface area contributed by atoms with Crippen molar-refractivity contribution in [2.75, 3.05) is 6.61 Å². The lowest BCUT2D eigenvalue weighted by Gasteiger charge is -2.15. The zero-order chi connectivity index (χ0) is 30.0. The van der Waals surface area contributed by atoms with Crippen molar-refractivity contribution in [1.29, 1.82) is 0 Å². The number of hydrogen-bond donors (Lipinski definition) is 2. The molecule has 7 nitrogen and oxygen atoms in total. The molecule has 0 unspecified atom stereocenters. The van der Waals surface area contributed by atoms with E-state index in [1.54, 1.807) is 25.3 Å². The molecule has 1 aromatic heterocycles. The summed E-state index contributed by atoms with van der Waals surface area (Å²) in [7, 11) is 0. The van der Waals surface area contributed by atoms with Crippen molar-refractivity contribution >= 4 is 18.1 Å². The predicted octanol–water partition coefficient (Wildman–Crippen LogP) is 6.95. The van der Waals surface area contributed by atoms with Crippen LogP contribution in [0, 0.1) is 0 Å². The molecular formula is C36H33N3O4. The van der Waals surface area contributed by atoms with E-state index in [-0.39, 0.29) is 24.7 Å². The maximum atomic E-state index is 12.6. The van der Waals surface area contributed by atoms with Gasteiger partial charge >= 0.3 is 5.97 Å². The summed E-state index contributed by atoms with van der Waals surface area (Å²) in [4.78, 5) is 24.9. The molecule has 216 valence electrons. The summed E-state index contributed by atoms with van der Waals surface area (Å²) in [5, 5.41) is 14.7. The van der Waals surface area contributed by atoms with E-state index in [2.05, 4.69) is 15.1 Å². The zero-order valence-corrected chi connectivity index (χ0v) is 23.9. The van der Waals surface area contributed by atoms with Crippen molar-refractivity contribution in [3.05, 3.63) is 138 Å². The summed E-state index contributed by atoms with van der Waals surface area (Å²) < 4.78 is 7.29. The summed E-state index contributed by atoms with van der Waals surface area (Å²) in [6.45, 7) is 2.09. The molecule has 0 aliphatic carbocycles. The van der Waals surface area contributed by atoms with E-state index in [0.29, 0.717) is 12.2 Å². The Bertz CT molecular complexity index is 1680. The standard InChI is InChI=1S/C36H33N3O4/c1-2-43-36(42)29-18-20-31(21-19-29)39-32(26-12-6-3-7-13-26)24-30(35(39)28-16-10-5-11-17-28)25-37-38-34(41)23-22-33(40)27-14-8-4-9-15-27/h3-21,24-25,33,40H,2,22-23H2,1H3,(H,38,41)/b37-25-/t33-/m0/s1. The van der Waals surface area contributed by atoms with E-state index in [0.717, 1.165) is 39.3 Å². The minimum absolute atomic E-state index is 0.127. The van der Waals surface area contributed by atoms with E-state index in [1.165, 1.54) is 0 Å². The summed E-state index contributed by atoms with van der Waals surface area (Å²) in [5.41, 5.74) is 9.25. The van der Waals surface area contributed by atoms with Gasteiger partial charge in [0.25, 0.3) is 0 Å². The molecule has 0 fully saturated rings. The van der Waals surface area contributed by atoms with Gasteiger partial charge < -0.3 is 14.4 Å². The van der Waals surface area contributed by atoms with Gasteiger partial charge in [-0.25, -0.2) is 10.2 Å². The summed E-state index contributed by atoms with van der Waals surface area (Å²) in [5.74, 6) is -0.655. The summed E-state index contributed by atoms with van der Waals surface area (Å²) >= 11 is 0. The highest BCUT2D eigenvalue weighted by atomic mass is 16.5. The fourth-order valence-corrected chi connectivity index (χ4v) is 4.91. The molecule has 5 aromatic rings. The molecule has 4 aromatic carbocycles. The van der Waals surface area contributed by atoms with Crippen LogP contribution in [0.5, 0.6) is 0 Å². The van der Waals surface area contributed by atoms with E-state index < -0.39 is 6.10 Å². The molecule has 1 atom stereocenters. The van der Waals surface area contributed by atoms with Gasteiger partial charge in [-0.1, -0.05) is 91.0 Å². The number of benzene rings is 4. The van der Waals surface area contributed by atoms with Crippen LogP contribution in [-0.2, 0) is 9.53 Å². The first-order chi connectivity index (χ1) is 21.0. The molecule has 0 radical (unpaired) electrons. The SMILES string of the molecule is CCOC(=O)c1ccc(-n2c(-c3ccccc3)cc(/C=N\NC(=O)CC[C@H](O)c3ccccc3)c2-c2ccccc2)cc1. The summed E-state index contributed by atoms with van der Waals surface area (Å²) in [6, 6.07) is 38.6. The highest BCUT2D eigenvalue weighted by molar-refractivity contribution is 5.94. The van der Waals surface area contributed by atoms with Crippen LogP contribution in [-0.4, -0.2) is 34.4 Å². The summed E-state index contributed by atoms with van der Waals surface area (Å²) in [6.07, 6.45) is 1.33. The number of nitrogens with one attached hydrogen (secondary N) is 1. The maximum absolute atomic E-state index is 12.6. The Morgan fingerprint density at radius 3 is 2.09 bits per heavy atom. The van der Waals surface area contributed by atoms with Gasteiger partial charge in [-0.3, -0.25) is 4.79 Å². The van der Waals surface area contributed by atoms with Crippen LogP contribution in [0.25, 0.3) is 28.2 Å². The smallest absolute Gasteiger partial charge is 0.338 e. The van der Waals surface area contributed by atoms with Crippen molar-refractivity contribution in [3.8, 4) is 28.2 Å². The van der Waals surface area contributed by atoms with Gasteiger partial charge in [0.15, 0.2) is 0 Å². The topological polar surface area (TPSA) is 92.9 Å². The van der Waals surface area contributed by atoms with Crippen molar-refractivity contribution in [3.63, 3.8) is 0 Å². The molecule has 5 rings (SSSR count). The van der Waals surface area contributed by atoms with Gasteiger partial charge in [-0.2, -0.15) is 5.10 Å². The lowest BCUT2D eigenvalue weighted by molar-refractivity contribution is -0.121. The number of aromatic nitrogens is 1. The van der Waals surface area contributed by atoms with Crippen LogP contribution in [0.3, 0.4) is 0 Å². The van der Waals surface area contributed by atoms with Crippen molar-refractivity contribution in [1.82, 2.24) is 9.99 Å². The molecule has 1 heterocycles. The quantitative estimate of drug-likeness (QED) is 0.102. The number of hydrogen-bond acceptors (Lipinski definition) is 5. The average molecular weight is 572 g/mol. The third-order valence-electron chi connectivity index (χ3n) is 7.01. The molecule has 0 bridgehead atoms. The van der Waals surface area contributed by atoms with E-state index in [9.17, 15) is 14.7 Å². The van der Waals surface area contributed by atoms with Crippen molar-refractivity contribution in [2.24, 2.45) is 5.10 Å². The second-order valence-corrected chi connectivity index (χ2v) is 9.93. The Morgan fingerprint density at radius 2 is 1.47 bits per heavy atom. The lowest BCUT2D eigenvalue weighted by atomic mass is 10.1. The van der Waals surface area contributed by atoms with Crippen LogP contribution >= 0.6 is 0 Å². The molecule has 0 aliphatic rings. The first-order valence-corrected chi connectivity index (χ1v) is 14.2. The number of nitrogens with zero attached hydrogens (tertiary/aromatic N) is 2. The number of ether oxygens (including phenoxy) is 1. The zero-order valence-electron chi connectivity index (χ0n) is 23.9. The first-order valence-electron chi connectivity index (χ1n) is 14.2. The van der Waals surface area contributed by atoms with Crippen LogP contribution < -0.4 is 5.43 Å². The number of amides is 1. The Labute approximate surface area is 251 Å². The Morgan fingerprint density at radius 1 is 0.860 bits per heavy atom. The number of carbonyl (C=O) groups is 2. The van der Waals surface area contributed by atoms with Gasteiger partial charge in [0, 0.05) is 17.7 Å². The van der Waals surface area contributed by atoms with Crippen LogP contribution in [0.1, 0.15) is 47.4 Å². The number of esters is 1. The fourth-order valence-electron chi connectivity index (χ4n) is 4.91. The molecule has 0 saturated carbocycles. The lowest BCUT2D eigenvalue weighted by Crippen LogP contribution is -2.18. The highest BCUT2D eigenvalue weighted by Crippen LogP contribution is 2.35. The Kier molecular flexibility index (Phi) is 9.56. The van der Waals surface area contributed by atoms with Gasteiger partial charge in [-0.15, -0.1) is 0 Å². The number of aliphatic hydroxyl groups is 1. The average Bonchev–Trinajstić information content (AvgIpc) is 3.44. The van der Waals surface area contributed by atoms with Crippen LogP contribution in [0.15, 0.2) is 126 Å². The van der Waals surface area contributed by atoms with E-state index >= 15 is 0 Å². The van der Waals surface area contributed by atoms with Gasteiger partial charge in [0.05, 0.1) is 35.9 Å². The molecule has 1 amide bonds. The van der Waals surface area contributed by atoms with Gasteiger partial charge in [0.2, 0.25) is 5.91 Å². The molecule has 0 aliphatic heterocycles. The molecule has 2 N–H and O–H groups in total. The maximum Gasteiger partial charge on any atom is 0.338 e. The van der Waals surface area contributed by atoms with Crippen molar-refractivity contribution < 1.29 is 19.4 Å². The van der Waals surface area contributed by atoms with Crippen LogP contribution in [0.2, 0.25) is 0 Å². The molecule has 0 spiro atoms. The van der Waals surface area contributed by atoms with Crippen molar-refractivity contribution in [2.45, 2.75) is 25.9 Å². The Balaban J connectivity index is 1.48. The first kappa shape index (κ1) is 29.2. The van der Waals surface area contributed by atoms with Gasteiger partial charge in [-0.05, 0) is 60.4 Å². The van der Waals surface area contributed by atoms with E-state index in [4.69, 9.17) is 4.74 Å². The molecule has 7 heteroatoms. The molecule has 0 saturated heterocycles. The fraction of sp³-hybridized carbons (Fsp3) is 0.139. The van der Waals surface area contributed by atoms with Gasteiger partial charge in [0.1, 0.15) is 0 Å². The predicted molar refractivity (Wildman–Crippen MR) is 169 cm³/mol. The third-order valence-corrected chi connectivity index (χ3v) is 7.01. The molecular weight excluding hydrogens is 538 g/mol. The number of rotatable bonds is 11. The highest BCUT2D eigenvalue weighted by Gasteiger charge is 2.19. The minimum atomic E-state index is -0.724. The number of aliphatic hydroxyl groups excluding tert-OH is 1. The second-order valence-electron chi connectivity index (χ2n) is 9.93. The Hall–Kier alpha value is -5.27. The normalized spacial score (nSPS) is 11.8. The second kappa shape index (κ2) is 14.1. The minimum Gasteiger partial charge on any atom is -0.462 e. The van der Waals surface area contributed by atoms with Crippen LogP contribution in [0.4, 0.5) is 0 Å².